The molecule has 1 saturated heterocycles. The van der Waals surface area contributed by atoms with E-state index in [0.29, 0.717) is 24.8 Å². The van der Waals surface area contributed by atoms with Gasteiger partial charge in [0.05, 0.1) is 22.6 Å². The molecule has 1 amide bonds. The number of nitrogen functional groups attached to an aromatic ring is 1. The maximum atomic E-state index is 12.3. The molecule has 1 aliphatic heterocycles. The van der Waals surface area contributed by atoms with Crippen molar-refractivity contribution >= 4 is 33.5 Å². The van der Waals surface area contributed by atoms with E-state index in [2.05, 4.69) is 26.1 Å². The molecule has 3 aromatic heterocycles. The Hall–Kier alpha value is -2.62. The lowest BCUT2D eigenvalue weighted by Crippen LogP contribution is -2.42. The van der Waals surface area contributed by atoms with E-state index in [1.165, 1.54) is 0 Å². The van der Waals surface area contributed by atoms with E-state index in [4.69, 9.17) is 15.5 Å². The first-order chi connectivity index (χ1) is 14.6. The molecule has 0 saturated carbocycles. The average Bonchev–Trinajstić information content (AvgIpc) is 3.31. The van der Waals surface area contributed by atoms with Crippen LogP contribution in [0.25, 0.3) is 16.8 Å². The van der Waals surface area contributed by atoms with Crippen LogP contribution in [0.15, 0.2) is 23.1 Å². The normalized spacial score (nSPS) is 15.6. The summed E-state index contributed by atoms with van der Waals surface area (Å²) >= 11 is 3.62. The lowest BCUT2D eigenvalue weighted by molar-refractivity contribution is 0.0184. The van der Waals surface area contributed by atoms with Crippen LogP contribution in [-0.2, 0) is 18.2 Å². The zero-order chi connectivity index (χ0) is 22.3. The van der Waals surface area contributed by atoms with E-state index < -0.39 is 5.60 Å². The fourth-order valence-electron chi connectivity index (χ4n) is 3.86. The minimum absolute atomic E-state index is 0.240. The van der Waals surface area contributed by atoms with Crippen molar-refractivity contribution in [1.82, 2.24) is 29.3 Å². The number of amides is 1. The number of hydrogen-bond donors (Lipinski definition) is 1. The van der Waals surface area contributed by atoms with E-state index in [1.807, 2.05) is 34.0 Å². The van der Waals surface area contributed by atoms with Gasteiger partial charge in [0, 0.05) is 37.5 Å². The monoisotopic (exact) mass is 489 g/mol. The molecule has 1 fully saturated rings. The molecule has 1 aliphatic rings. The van der Waals surface area contributed by atoms with Crippen LogP contribution < -0.4 is 5.73 Å². The molecule has 0 unspecified atom stereocenters. The zero-order valence-corrected chi connectivity index (χ0v) is 19.9. The lowest BCUT2D eigenvalue weighted by atomic mass is 9.92. The van der Waals surface area contributed by atoms with Crippen LogP contribution in [0.1, 0.15) is 39.3 Å². The zero-order valence-electron chi connectivity index (χ0n) is 18.3. The highest BCUT2D eigenvalue weighted by Gasteiger charge is 2.28. The van der Waals surface area contributed by atoms with Crippen molar-refractivity contribution in [3.8, 4) is 11.1 Å². The number of rotatable bonds is 3. The van der Waals surface area contributed by atoms with Crippen molar-refractivity contribution in [1.29, 1.82) is 0 Å². The largest absolute Gasteiger partial charge is 0.444 e. The Morgan fingerprint density at radius 2 is 1.97 bits per heavy atom. The van der Waals surface area contributed by atoms with Crippen LogP contribution in [0.5, 0.6) is 0 Å². The van der Waals surface area contributed by atoms with E-state index in [-0.39, 0.29) is 6.09 Å². The first kappa shape index (κ1) is 21.6. The Balaban J connectivity index is 1.51. The van der Waals surface area contributed by atoms with Crippen LogP contribution in [-0.4, -0.2) is 54.1 Å². The summed E-state index contributed by atoms with van der Waals surface area (Å²) in [5.74, 6) is 0.940. The number of fused-ring (bicyclic) bond motifs is 1. The molecule has 4 rings (SSSR count). The van der Waals surface area contributed by atoms with Crippen molar-refractivity contribution in [3.63, 3.8) is 0 Å². The van der Waals surface area contributed by atoms with E-state index in [9.17, 15) is 4.79 Å². The van der Waals surface area contributed by atoms with E-state index in [1.54, 1.807) is 26.5 Å². The molecular weight excluding hydrogens is 462 g/mol. The van der Waals surface area contributed by atoms with Crippen LogP contribution >= 0.6 is 15.9 Å². The van der Waals surface area contributed by atoms with Crippen molar-refractivity contribution in [2.24, 2.45) is 13.0 Å². The van der Waals surface area contributed by atoms with Crippen LogP contribution in [0.2, 0.25) is 0 Å². The number of ether oxygens (including phenoxy) is 1. The molecule has 3 aromatic rings. The average molecular weight is 490 g/mol. The Labute approximate surface area is 189 Å². The molecule has 4 heterocycles. The van der Waals surface area contributed by atoms with Gasteiger partial charge in [-0.1, -0.05) is 0 Å². The number of likely N-dealkylation sites (tertiary alicyclic amines) is 1. The summed E-state index contributed by atoms with van der Waals surface area (Å²) in [6.45, 7) is 7.03. The summed E-state index contributed by atoms with van der Waals surface area (Å²) in [5.41, 5.74) is 9.36. The van der Waals surface area contributed by atoms with Crippen LogP contribution in [0.3, 0.4) is 0 Å². The van der Waals surface area contributed by atoms with Crippen molar-refractivity contribution in [2.45, 2.75) is 45.6 Å². The molecule has 0 aliphatic carbocycles. The summed E-state index contributed by atoms with van der Waals surface area (Å²) in [6, 6.07) is 0. The van der Waals surface area contributed by atoms with Gasteiger partial charge in [0.2, 0.25) is 0 Å². The Morgan fingerprint density at radius 3 is 2.58 bits per heavy atom. The van der Waals surface area contributed by atoms with Crippen LogP contribution in [0, 0.1) is 5.92 Å². The molecular formula is C21H28BrN7O2. The Kier molecular flexibility index (Phi) is 5.67. The molecule has 31 heavy (non-hydrogen) atoms. The van der Waals surface area contributed by atoms with Gasteiger partial charge in [-0.15, -0.1) is 0 Å². The third-order valence-electron chi connectivity index (χ3n) is 5.46. The van der Waals surface area contributed by atoms with E-state index in [0.717, 1.165) is 46.2 Å². The molecule has 0 bridgehead atoms. The van der Waals surface area contributed by atoms with Gasteiger partial charge < -0.3 is 15.4 Å². The first-order valence-electron chi connectivity index (χ1n) is 10.4. The van der Waals surface area contributed by atoms with Gasteiger partial charge in [0.25, 0.3) is 0 Å². The highest BCUT2D eigenvalue weighted by molar-refractivity contribution is 9.10. The quantitative estimate of drug-likeness (QED) is 0.601. The Bertz CT molecular complexity index is 1110. The number of carbonyl (C=O) groups excluding carboxylic acids is 1. The lowest BCUT2D eigenvalue weighted by Gasteiger charge is -2.33. The molecule has 0 radical (unpaired) electrons. The summed E-state index contributed by atoms with van der Waals surface area (Å²) in [7, 11) is 1.88. The standard InChI is InChI=1S/C21H28BrN7O2/c1-21(2,3)31-20(30)28-7-5-13(6-8-28)9-16-17(22)18(23)29-19(26-16)15(11-25-29)14-10-24-27(4)12-14/h10-13H,5-9,23H2,1-4H3. The minimum atomic E-state index is -0.479. The number of nitrogens with two attached hydrogens (primary N) is 1. The van der Waals surface area contributed by atoms with Gasteiger partial charge in [0.15, 0.2) is 5.65 Å². The first-order valence-corrected chi connectivity index (χ1v) is 11.2. The van der Waals surface area contributed by atoms with Gasteiger partial charge in [0.1, 0.15) is 11.4 Å². The van der Waals surface area contributed by atoms with Crippen molar-refractivity contribution < 1.29 is 9.53 Å². The summed E-state index contributed by atoms with van der Waals surface area (Å²) in [5, 5.41) is 8.66. The summed E-state index contributed by atoms with van der Waals surface area (Å²) in [4.78, 5) is 19.0. The van der Waals surface area contributed by atoms with Gasteiger partial charge in [-0.2, -0.15) is 14.7 Å². The van der Waals surface area contributed by atoms with Crippen LogP contribution in [0.4, 0.5) is 10.6 Å². The molecule has 9 nitrogen and oxygen atoms in total. The number of hydrogen-bond acceptors (Lipinski definition) is 6. The second kappa shape index (κ2) is 8.14. The van der Waals surface area contributed by atoms with E-state index >= 15 is 0 Å². The van der Waals surface area contributed by atoms with Gasteiger partial charge in [-0.3, -0.25) is 4.68 Å². The SMILES string of the molecule is Cn1cc(-c2cnn3c(N)c(Br)c(CC4CCN(C(=O)OC(C)(C)C)CC4)nc23)cn1. The number of aromatic nitrogens is 5. The fraction of sp³-hybridized carbons (Fsp3) is 0.524. The van der Waals surface area contributed by atoms with Gasteiger partial charge in [-0.25, -0.2) is 9.78 Å². The second-order valence-corrected chi connectivity index (χ2v) is 9.86. The molecule has 0 atom stereocenters. The number of piperidine rings is 1. The number of aryl methyl sites for hydroxylation is 1. The van der Waals surface area contributed by atoms with Gasteiger partial charge >= 0.3 is 6.09 Å². The smallest absolute Gasteiger partial charge is 0.410 e. The molecule has 10 heteroatoms. The third kappa shape index (κ3) is 4.53. The second-order valence-electron chi connectivity index (χ2n) is 9.07. The maximum Gasteiger partial charge on any atom is 0.410 e. The number of halogens is 1. The summed E-state index contributed by atoms with van der Waals surface area (Å²) in [6.07, 6.45) is 7.83. The van der Waals surface area contributed by atoms with Crippen molar-refractivity contribution in [3.05, 3.63) is 28.8 Å². The predicted octanol–water partition coefficient (Wildman–Crippen LogP) is 3.66. The molecule has 0 aromatic carbocycles. The number of anilines is 1. The number of nitrogens with zero attached hydrogens (tertiary/aromatic N) is 6. The topological polar surface area (TPSA) is 104 Å². The molecule has 2 N–H and O–H groups in total. The molecule has 166 valence electrons. The van der Waals surface area contributed by atoms with Crippen molar-refractivity contribution in [2.75, 3.05) is 18.8 Å². The summed E-state index contributed by atoms with van der Waals surface area (Å²) < 4.78 is 9.67. The minimum Gasteiger partial charge on any atom is -0.444 e. The third-order valence-corrected chi connectivity index (χ3v) is 6.32. The maximum absolute atomic E-state index is 12.3. The Morgan fingerprint density at radius 1 is 1.26 bits per heavy atom. The fourth-order valence-corrected chi connectivity index (χ4v) is 4.28. The predicted molar refractivity (Wildman–Crippen MR) is 122 cm³/mol. The highest BCUT2D eigenvalue weighted by Crippen LogP contribution is 2.32. The van der Waals surface area contributed by atoms with Gasteiger partial charge in [-0.05, 0) is 61.9 Å². The highest BCUT2D eigenvalue weighted by atomic mass is 79.9. The number of carbonyl (C=O) groups is 1. The molecule has 0 spiro atoms.